The molecule has 0 amide bonds. The van der Waals surface area contributed by atoms with E-state index in [2.05, 4.69) is 10.7 Å². The number of nitro benzene ring substituents is 1. The third-order valence-corrected chi connectivity index (χ3v) is 2.64. The molecule has 0 heterocycles. The van der Waals surface area contributed by atoms with Crippen LogP contribution >= 0.6 is 0 Å². The van der Waals surface area contributed by atoms with Crippen LogP contribution in [0.2, 0.25) is 0 Å². The van der Waals surface area contributed by atoms with Crippen molar-refractivity contribution in [3.63, 3.8) is 0 Å². The summed E-state index contributed by atoms with van der Waals surface area (Å²) in [7, 11) is 0. The standard InChI is InChI=1S/C12H9F3N4O2/c13-6-4-7(14)11(8(15)5-6)17-9-2-1-3-10(18-16)12(9)19(20)21/h1-5,17-18H,16H2. The number of para-hydroxylation sites is 1. The summed E-state index contributed by atoms with van der Waals surface area (Å²) in [5, 5.41) is 13.3. The predicted octanol–water partition coefficient (Wildman–Crippen LogP) is 3.04. The van der Waals surface area contributed by atoms with Crippen molar-refractivity contribution in [2.45, 2.75) is 0 Å². The van der Waals surface area contributed by atoms with E-state index in [0.29, 0.717) is 12.1 Å². The quantitative estimate of drug-likeness (QED) is 0.458. The largest absolute Gasteiger partial charge is 0.345 e. The summed E-state index contributed by atoms with van der Waals surface area (Å²) in [6, 6.07) is 4.87. The Hall–Kier alpha value is -2.81. The summed E-state index contributed by atoms with van der Waals surface area (Å²) in [6.07, 6.45) is 0. The van der Waals surface area contributed by atoms with Gasteiger partial charge >= 0.3 is 5.69 Å². The van der Waals surface area contributed by atoms with Gasteiger partial charge in [-0.25, -0.2) is 13.2 Å². The van der Waals surface area contributed by atoms with E-state index in [1.54, 1.807) is 0 Å². The van der Waals surface area contributed by atoms with Crippen molar-refractivity contribution < 1.29 is 18.1 Å². The van der Waals surface area contributed by atoms with Crippen LogP contribution in [0.3, 0.4) is 0 Å². The minimum atomic E-state index is -1.21. The fourth-order valence-corrected chi connectivity index (χ4v) is 1.75. The zero-order valence-corrected chi connectivity index (χ0v) is 10.4. The minimum absolute atomic E-state index is 0.0482. The number of rotatable bonds is 4. The van der Waals surface area contributed by atoms with Crippen molar-refractivity contribution in [1.82, 2.24) is 0 Å². The number of nitrogens with two attached hydrogens (primary N) is 1. The molecule has 0 aliphatic heterocycles. The third-order valence-electron chi connectivity index (χ3n) is 2.64. The molecule has 0 unspecified atom stereocenters. The first-order valence-corrected chi connectivity index (χ1v) is 5.59. The lowest BCUT2D eigenvalue weighted by Crippen LogP contribution is -2.10. The Balaban J connectivity index is 2.52. The second-order valence-corrected chi connectivity index (χ2v) is 3.97. The zero-order chi connectivity index (χ0) is 15.6. The average Bonchev–Trinajstić information content (AvgIpc) is 2.42. The Bertz CT molecular complexity index is 686. The Morgan fingerprint density at radius 1 is 1.10 bits per heavy atom. The topological polar surface area (TPSA) is 93.2 Å². The summed E-state index contributed by atoms with van der Waals surface area (Å²) < 4.78 is 39.9. The Kier molecular flexibility index (Phi) is 3.94. The van der Waals surface area contributed by atoms with Crippen molar-refractivity contribution in [1.29, 1.82) is 0 Å². The van der Waals surface area contributed by atoms with Crippen LogP contribution < -0.4 is 16.6 Å². The molecule has 0 spiro atoms. The van der Waals surface area contributed by atoms with Crippen LogP contribution in [0.4, 0.5) is 35.9 Å². The van der Waals surface area contributed by atoms with Crippen LogP contribution in [0.1, 0.15) is 0 Å². The highest BCUT2D eigenvalue weighted by Crippen LogP contribution is 2.35. The lowest BCUT2D eigenvalue weighted by Gasteiger charge is -2.11. The maximum absolute atomic E-state index is 13.6. The molecular weight excluding hydrogens is 289 g/mol. The van der Waals surface area contributed by atoms with E-state index in [0.717, 1.165) is 0 Å². The van der Waals surface area contributed by atoms with E-state index in [1.165, 1.54) is 18.2 Å². The summed E-state index contributed by atoms with van der Waals surface area (Å²) in [4.78, 5) is 10.3. The highest BCUT2D eigenvalue weighted by Gasteiger charge is 2.21. The molecule has 110 valence electrons. The molecule has 2 rings (SSSR count). The highest BCUT2D eigenvalue weighted by atomic mass is 19.1. The fourth-order valence-electron chi connectivity index (χ4n) is 1.75. The maximum atomic E-state index is 13.6. The molecule has 0 saturated heterocycles. The van der Waals surface area contributed by atoms with Crippen molar-refractivity contribution in [3.8, 4) is 0 Å². The Labute approximate surface area is 116 Å². The molecule has 9 heteroatoms. The van der Waals surface area contributed by atoms with Crippen LogP contribution in [-0.2, 0) is 0 Å². The molecule has 0 saturated carbocycles. The van der Waals surface area contributed by atoms with Gasteiger partial charge in [-0.2, -0.15) is 0 Å². The summed E-state index contributed by atoms with van der Waals surface area (Å²) >= 11 is 0. The smallest absolute Gasteiger partial charge is 0.316 e. The number of hydrazine groups is 1. The van der Waals surface area contributed by atoms with Gasteiger partial charge in [0.1, 0.15) is 22.9 Å². The molecule has 0 aromatic heterocycles. The zero-order valence-electron chi connectivity index (χ0n) is 10.4. The molecule has 6 nitrogen and oxygen atoms in total. The molecule has 0 bridgehead atoms. The van der Waals surface area contributed by atoms with Crippen LogP contribution in [0.5, 0.6) is 0 Å². The molecular formula is C12H9F3N4O2. The van der Waals surface area contributed by atoms with Gasteiger partial charge in [-0.3, -0.25) is 16.0 Å². The second kappa shape index (κ2) is 5.67. The van der Waals surface area contributed by atoms with Crippen LogP contribution in [0.25, 0.3) is 0 Å². The van der Waals surface area contributed by atoms with Gasteiger partial charge in [0, 0.05) is 12.1 Å². The predicted molar refractivity (Wildman–Crippen MR) is 70.5 cm³/mol. The van der Waals surface area contributed by atoms with Gasteiger partial charge in [-0.05, 0) is 12.1 Å². The van der Waals surface area contributed by atoms with E-state index < -0.39 is 33.7 Å². The van der Waals surface area contributed by atoms with Crippen LogP contribution in [-0.4, -0.2) is 4.92 Å². The number of nitrogens with zero attached hydrogens (tertiary/aromatic N) is 1. The van der Waals surface area contributed by atoms with E-state index in [1.807, 2.05) is 0 Å². The van der Waals surface area contributed by atoms with Crippen molar-refractivity contribution in [2.75, 3.05) is 10.7 Å². The lowest BCUT2D eigenvalue weighted by molar-refractivity contribution is -0.383. The van der Waals surface area contributed by atoms with E-state index in [9.17, 15) is 23.3 Å². The van der Waals surface area contributed by atoms with E-state index in [4.69, 9.17) is 5.84 Å². The van der Waals surface area contributed by atoms with E-state index >= 15 is 0 Å². The Morgan fingerprint density at radius 2 is 1.67 bits per heavy atom. The second-order valence-electron chi connectivity index (χ2n) is 3.97. The number of hydrogen-bond donors (Lipinski definition) is 3. The normalized spacial score (nSPS) is 10.3. The van der Waals surface area contributed by atoms with Gasteiger partial charge in [0.2, 0.25) is 0 Å². The van der Waals surface area contributed by atoms with Crippen molar-refractivity contribution >= 4 is 22.7 Å². The number of nitrogens with one attached hydrogen (secondary N) is 2. The summed E-state index contributed by atoms with van der Waals surface area (Å²) in [6.45, 7) is 0. The first kappa shape index (κ1) is 14.6. The molecule has 2 aromatic rings. The number of benzene rings is 2. The monoisotopic (exact) mass is 298 g/mol. The first-order valence-electron chi connectivity index (χ1n) is 5.59. The van der Waals surface area contributed by atoms with Gasteiger partial charge < -0.3 is 10.7 Å². The van der Waals surface area contributed by atoms with Gasteiger partial charge in [0.15, 0.2) is 11.6 Å². The fraction of sp³-hybridized carbons (Fsp3) is 0. The molecule has 21 heavy (non-hydrogen) atoms. The molecule has 2 aromatic carbocycles. The molecule has 0 fully saturated rings. The summed E-state index contributed by atoms with van der Waals surface area (Å²) in [5.74, 6) is 1.63. The molecule has 0 aliphatic carbocycles. The van der Waals surface area contributed by atoms with Gasteiger partial charge in [-0.15, -0.1) is 0 Å². The summed E-state index contributed by atoms with van der Waals surface area (Å²) in [5.41, 5.74) is 0.672. The molecule has 4 N–H and O–H groups in total. The molecule has 0 radical (unpaired) electrons. The van der Waals surface area contributed by atoms with Crippen LogP contribution in [0, 0.1) is 27.6 Å². The van der Waals surface area contributed by atoms with Crippen LogP contribution in [0.15, 0.2) is 30.3 Å². The van der Waals surface area contributed by atoms with Crippen molar-refractivity contribution in [2.24, 2.45) is 5.84 Å². The van der Waals surface area contributed by atoms with E-state index in [-0.39, 0.29) is 11.4 Å². The first-order chi connectivity index (χ1) is 9.93. The molecule has 0 aliphatic rings. The van der Waals surface area contributed by atoms with Crippen molar-refractivity contribution in [3.05, 3.63) is 57.9 Å². The number of hydrogen-bond acceptors (Lipinski definition) is 5. The number of nitrogen functional groups attached to an aromatic ring is 1. The van der Waals surface area contributed by atoms with Gasteiger partial charge in [0.25, 0.3) is 0 Å². The number of nitro groups is 1. The maximum Gasteiger partial charge on any atom is 0.316 e. The number of halogens is 3. The highest BCUT2D eigenvalue weighted by molar-refractivity contribution is 5.79. The average molecular weight is 298 g/mol. The number of anilines is 3. The lowest BCUT2D eigenvalue weighted by atomic mass is 10.2. The Morgan fingerprint density at radius 3 is 2.19 bits per heavy atom. The SMILES string of the molecule is NNc1cccc(Nc2c(F)cc(F)cc2F)c1[N+](=O)[O-]. The van der Waals surface area contributed by atoms with Gasteiger partial charge in [0.05, 0.1) is 4.92 Å². The third kappa shape index (κ3) is 2.87. The minimum Gasteiger partial charge on any atom is -0.345 e. The van der Waals surface area contributed by atoms with Gasteiger partial charge in [-0.1, -0.05) is 6.07 Å². The molecule has 0 atom stereocenters.